The molecular formula is C28H32F2N4O3. The Labute approximate surface area is 215 Å². The molecule has 0 spiro atoms. The Balaban J connectivity index is 1.46. The monoisotopic (exact) mass is 510 g/mol. The van der Waals surface area contributed by atoms with E-state index in [0.29, 0.717) is 26.1 Å². The molecule has 1 aromatic heterocycles. The van der Waals surface area contributed by atoms with Crippen molar-refractivity contribution >= 4 is 11.8 Å². The zero-order valence-electron chi connectivity index (χ0n) is 20.9. The van der Waals surface area contributed by atoms with Gasteiger partial charge >= 0.3 is 0 Å². The standard InChI is InChI=1S/C28H32F2N4O3/c1-2-3-14-37-28(21-6-10-23(30)11-7-21)17-34(18-28)27(36)25(15-20-4-8-22(29)9-5-20)33-26(35)13-12-24-16-31-19-32-24/h4-11,16,19,25H,2-3,12-15,17-18H2,1H3,(H,31,32)(H,33,35)/t25-/m1/s1. The number of benzene rings is 2. The summed E-state index contributed by atoms with van der Waals surface area (Å²) >= 11 is 0. The van der Waals surface area contributed by atoms with Crippen LogP contribution in [0, 0.1) is 11.6 Å². The summed E-state index contributed by atoms with van der Waals surface area (Å²) in [6.45, 7) is 3.19. The SMILES string of the molecule is CCCCOC1(c2ccc(F)cc2)CN(C(=O)[C@@H](Cc2ccc(F)cc2)NC(=O)CCc2cnc[nH]2)C1. The van der Waals surface area contributed by atoms with Crippen LogP contribution in [0.2, 0.25) is 0 Å². The number of likely N-dealkylation sites (tertiary alicyclic amines) is 1. The number of aromatic nitrogens is 2. The third kappa shape index (κ3) is 6.80. The molecule has 1 fully saturated rings. The first-order valence-electron chi connectivity index (χ1n) is 12.6. The van der Waals surface area contributed by atoms with Gasteiger partial charge in [-0.25, -0.2) is 13.8 Å². The van der Waals surface area contributed by atoms with Gasteiger partial charge in [-0.05, 0) is 48.2 Å². The Hall–Kier alpha value is -3.59. The minimum atomic E-state index is -0.818. The number of carbonyl (C=O) groups excluding carboxylic acids is 2. The second-order valence-corrected chi connectivity index (χ2v) is 9.43. The predicted octanol–water partition coefficient (Wildman–Crippen LogP) is 3.90. The predicted molar refractivity (Wildman–Crippen MR) is 134 cm³/mol. The van der Waals surface area contributed by atoms with Crippen LogP contribution in [0.3, 0.4) is 0 Å². The summed E-state index contributed by atoms with van der Waals surface area (Å²) in [7, 11) is 0. The van der Waals surface area contributed by atoms with Gasteiger partial charge in [0.15, 0.2) is 0 Å². The summed E-state index contributed by atoms with van der Waals surface area (Å²) in [6, 6.07) is 11.2. The van der Waals surface area contributed by atoms with Gasteiger partial charge in [0.1, 0.15) is 23.3 Å². The normalized spacial score (nSPS) is 15.2. The van der Waals surface area contributed by atoms with Gasteiger partial charge in [-0.1, -0.05) is 37.6 Å². The van der Waals surface area contributed by atoms with Crippen molar-refractivity contribution in [3.8, 4) is 0 Å². The number of ether oxygens (including phenoxy) is 1. The summed E-state index contributed by atoms with van der Waals surface area (Å²) in [5, 5.41) is 2.87. The number of nitrogens with one attached hydrogen (secondary N) is 2. The molecule has 9 heteroatoms. The van der Waals surface area contributed by atoms with Crippen LogP contribution in [-0.4, -0.2) is 52.4 Å². The number of halogens is 2. The van der Waals surface area contributed by atoms with Crippen molar-refractivity contribution in [3.05, 3.63) is 89.5 Å². The van der Waals surface area contributed by atoms with E-state index in [4.69, 9.17) is 4.74 Å². The third-order valence-electron chi connectivity index (χ3n) is 6.61. The van der Waals surface area contributed by atoms with Gasteiger partial charge in [0.2, 0.25) is 11.8 Å². The van der Waals surface area contributed by atoms with E-state index in [-0.39, 0.29) is 36.3 Å². The highest BCUT2D eigenvalue weighted by atomic mass is 19.1. The van der Waals surface area contributed by atoms with E-state index in [9.17, 15) is 18.4 Å². The van der Waals surface area contributed by atoms with Crippen molar-refractivity contribution < 1.29 is 23.1 Å². The van der Waals surface area contributed by atoms with Crippen molar-refractivity contribution in [2.45, 2.75) is 50.7 Å². The molecule has 37 heavy (non-hydrogen) atoms. The van der Waals surface area contributed by atoms with Crippen LogP contribution in [0.5, 0.6) is 0 Å². The van der Waals surface area contributed by atoms with E-state index >= 15 is 0 Å². The van der Waals surface area contributed by atoms with Gasteiger partial charge in [0.05, 0.1) is 19.4 Å². The molecule has 1 aliphatic rings. The number of aromatic amines is 1. The largest absolute Gasteiger partial charge is 0.367 e. The smallest absolute Gasteiger partial charge is 0.245 e. The topological polar surface area (TPSA) is 87.3 Å². The van der Waals surface area contributed by atoms with E-state index in [1.165, 1.54) is 24.3 Å². The van der Waals surface area contributed by atoms with Crippen LogP contribution in [0.1, 0.15) is 43.0 Å². The molecule has 3 aromatic rings. The maximum absolute atomic E-state index is 13.6. The number of imidazole rings is 1. The number of carbonyl (C=O) groups is 2. The van der Waals surface area contributed by atoms with E-state index in [1.54, 1.807) is 41.7 Å². The lowest BCUT2D eigenvalue weighted by atomic mass is 9.84. The highest BCUT2D eigenvalue weighted by molar-refractivity contribution is 5.88. The Bertz CT molecular complexity index is 1160. The van der Waals surface area contributed by atoms with Gasteiger partial charge in [-0.3, -0.25) is 9.59 Å². The van der Waals surface area contributed by atoms with Crippen molar-refractivity contribution in [2.24, 2.45) is 0 Å². The summed E-state index contributed by atoms with van der Waals surface area (Å²) in [5.41, 5.74) is 1.65. The lowest BCUT2D eigenvalue weighted by molar-refractivity contribution is -0.175. The molecule has 2 aromatic carbocycles. The van der Waals surface area contributed by atoms with E-state index < -0.39 is 11.6 Å². The van der Waals surface area contributed by atoms with Crippen molar-refractivity contribution in [1.82, 2.24) is 20.2 Å². The zero-order valence-corrected chi connectivity index (χ0v) is 20.9. The summed E-state index contributed by atoms with van der Waals surface area (Å²) in [5.74, 6) is -1.21. The van der Waals surface area contributed by atoms with E-state index in [0.717, 1.165) is 29.7 Å². The Morgan fingerprint density at radius 1 is 1.11 bits per heavy atom. The molecule has 4 rings (SSSR count). The van der Waals surface area contributed by atoms with Crippen LogP contribution in [0.25, 0.3) is 0 Å². The maximum Gasteiger partial charge on any atom is 0.245 e. The molecule has 2 heterocycles. The van der Waals surface area contributed by atoms with Crippen LogP contribution >= 0.6 is 0 Å². The lowest BCUT2D eigenvalue weighted by Gasteiger charge is -2.51. The Kier molecular flexibility index (Phi) is 8.66. The minimum Gasteiger partial charge on any atom is -0.367 e. The molecule has 0 bridgehead atoms. The Morgan fingerprint density at radius 3 is 2.41 bits per heavy atom. The fraction of sp³-hybridized carbons (Fsp3) is 0.393. The number of aryl methyl sites for hydroxylation is 1. The quantitative estimate of drug-likeness (QED) is 0.362. The van der Waals surface area contributed by atoms with Gasteiger partial charge in [-0.15, -0.1) is 0 Å². The van der Waals surface area contributed by atoms with Crippen LogP contribution in [-0.2, 0) is 32.8 Å². The number of H-pyrrole nitrogens is 1. The minimum absolute atomic E-state index is 0.190. The second-order valence-electron chi connectivity index (χ2n) is 9.43. The number of nitrogens with zero attached hydrogens (tertiary/aromatic N) is 2. The first-order valence-corrected chi connectivity index (χ1v) is 12.6. The van der Waals surface area contributed by atoms with Gasteiger partial charge in [-0.2, -0.15) is 0 Å². The molecule has 1 aliphatic heterocycles. The molecular weight excluding hydrogens is 478 g/mol. The fourth-order valence-corrected chi connectivity index (χ4v) is 4.46. The first-order chi connectivity index (χ1) is 17.9. The van der Waals surface area contributed by atoms with Gasteiger partial charge < -0.3 is 19.9 Å². The van der Waals surface area contributed by atoms with Crippen molar-refractivity contribution in [2.75, 3.05) is 19.7 Å². The summed E-state index contributed by atoms with van der Waals surface area (Å²) in [4.78, 5) is 34.9. The molecule has 0 unspecified atom stereocenters. The van der Waals surface area contributed by atoms with Crippen LogP contribution in [0.4, 0.5) is 8.78 Å². The van der Waals surface area contributed by atoms with Crippen molar-refractivity contribution in [3.63, 3.8) is 0 Å². The molecule has 0 aliphatic carbocycles. The Morgan fingerprint density at radius 2 is 1.78 bits per heavy atom. The molecule has 7 nitrogen and oxygen atoms in total. The van der Waals surface area contributed by atoms with Crippen LogP contribution < -0.4 is 5.32 Å². The molecule has 2 N–H and O–H groups in total. The average molecular weight is 511 g/mol. The highest BCUT2D eigenvalue weighted by Crippen LogP contribution is 2.37. The van der Waals surface area contributed by atoms with Gasteiger partial charge in [0, 0.05) is 31.3 Å². The molecule has 1 atom stereocenters. The van der Waals surface area contributed by atoms with Crippen LogP contribution in [0.15, 0.2) is 61.1 Å². The number of hydrogen-bond acceptors (Lipinski definition) is 4. The third-order valence-corrected chi connectivity index (χ3v) is 6.61. The molecule has 0 saturated carbocycles. The number of amides is 2. The van der Waals surface area contributed by atoms with Gasteiger partial charge in [0.25, 0.3) is 0 Å². The summed E-state index contributed by atoms with van der Waals surface area (Å²) < 4.78 is 33.2. The lowest BCUT2D eigenvalue weighted by Crippen LogP contribution is -2.66. The number of unbranched alkanes of at least 4 members (excludes halogenated alkanes) is 1. The number of hydrogen-bond donors (Lipinski definition) is 2. The summed E-state index contributed by atoms with van der Waals surface area (Å²) in [6.07, 6.45) is 5.92. The average Bonchev–Trinajstić information content (AvgIpc) is 3.39. The molecule has 0 radical (unpaired) electrons. The maximum atomic E-state index is 13.6. The molecule has 2 amide bonds. The second kappa shape index (κ2) is 12.1. The highest BCUT2D eigenvalue weighted by Gasteiger charge is 2.49. The first kappa shape index (κ1) is 26.5. The molecule has 1 saturated heterocycles. The zero-order chi connectivity index (χ0) is 26.3. The van der Waals surface area contributed by atoms with E-state index in [1.807, 2.05) is 0 Å². The fourth-order valence-electron chi connectivity index (χ4n) is 4.46. The van der Waals surface area contributed by atoms with E-state index in [2.05, 4.69) is 22.2 Å². The van der Waals surface area contributed by atoms with Crippen molar-refractivity contribution in [1.29, 1.82) is 0 Å². The number of rotatable bonds is 12. The molecule has 196 valence electrons.